The van der Waals surface area contributed by atoms with Crippen LogP contribution in [0.4, 0.5) is 4.39 Å². The molecule has 3 aromatic rings. The number of hydrogen-bond donors (Lipinski definition) is 1. The Morgan fingerprint density at radius 2 is 2.07 bits per heavy atom. The molecule has 2 aromatic heterocycles. The maximum absolute atomic E-state index is 15.2. The second-order valence-electron chi connectivity index (χ2n) is 8.10. The second-order valence-corrected chi connectivity index (χ2v) is 8.10. The Kier molecular flexibility index (Phi) is 5.26. The Labute approximate surface area is 169 Å². The Morgan fingerprint density at radius 1 is 1.21 bits per heavy atom. The summed E-state index contributed by atoms with van der Waals surface area (Å²) in [6.45, 7) is 4.08. The normalized spacial score (nSPS) is 24.0. The molecule has 1 aliphatic rings. The Morgan fingerprint density at radius 3 is 2.83 bits per heavy atom. The van der Waals surface area contributed by atoms with Crippen LogP contribution < -0.4 is 0 Å². The summed E-state index contributed by atoms with van der Waals surface area (Å²) in [6, 6.07) is 5.32. The molecule has 1 fully saturated rings. The molecule has 2 atom stereocenters. The van der Waals surface area contributed by atoms with Crippen LogP contribution in [-0.2, 0) is 0 Å². The van der Waals surface area contributed by atoms with Crippen LogP contribution in [0.2, 0.25) is 0 Å². The van der Waals surface area contributed by atoms with Crippen LogP contribution in [0.3, 0.4) is 0 Å². The summed E-state index contributed by atoms with van der Waals surface area (Å²) in [5.74, 6) is 0.407. The number of benzene rings is 1. The van der Waals surface area contributed by atoms with Crippen LogP contribution in [0.15, 0.2) is 42.4 Å². The molecule has 1 saturated carbocycles. The summed E-state index contributed by atoms with van der Waals surface area (Å²) >= 11 is 0. The SMILES string of the molecule is CC[C@@]1(C)CCCC/C(=C\c2cnc(-c3cc4ccncc4cc3O)nn2)[C@@H]1F. The molecule has 0 bridgehead atoms. The van der Waals surface area contributed by atoms with E-state index in [-0.39, 0.29) is 11.2 Å². The van der Waals surface area contributed by atoms with Crippen molar-refractivity contribution in [3.8, 4) is 17.1 Å². The third-order valence-corrected chi connectivity index (χ3v) is 6.12. The van der Waals surface area contributed by atoms with Gasteiger partial charge in [0.15, 0.2) is 5.82 Å². The van der Waals surface area contributed by atoms with Crippen molar-refractivity contribution in [1.82, 2.24) is 20.2 Å². The van der Waals surface area contributed by atoms with Crippen molar-refractivity contribution in [3.05, 3.63) is 48.1 Å². The van der Waals surface area contributed by atoms with E-state index in [1.54, 1.807) is 30.7 Å². The van der Waals surface area contributed by atoms with Crippen LogP contribution in [-0.4, -0.2) is 31.4 Å². The number of halogens is 1. The fourth-order valence-corrected chi connectivity index (χ4v) is 4.03. The van der Waals surface area contributed by atoms with E-state index in [1.165, 1.54) is 0 Å². The van der Waals surface area contributed by atoms with Gasteiger partial charge in [-0.1, -0.05) is 20.3 Å². The molecule has 29 heavy (non-hydrogen) atoms. The molecule has 0 spiro atoms. The molecular weight excluding hydrogens is 367 g/mol. The number of phenolic OH excluding ortho intramolecular Hbond substituents is 1. The van der Waals surface area contributed by atoms with Crippen LogP contribution in [0, 0.1) is 5.41 Å². The van der Waals surface area contributed by atoms with Crippen molar-refractivity contribution in [3.63, 3.8) is 0 Å². The van der Waals surface area contributed by atoms with E-state index >= 15 is 4.39 Å². The predicted octanol–water partition coefficient (Wildman–Crippen LogP) is 5.50. The molecule has 2 heterocycles. The molecule has 150 valence electrons. The molecule has 1 aliphatic carbocycles. The maximum Gasteiger partial charge on any atom is 0.185 e. The lowest BCUT2D eigenvalue weighted by Crippen LogP contribution is -2.28. The first-order valence-corrected chi connectivity index (χ1v) is 10.1. The zero-order valence-electron chi connectivity index (χ0n) is 16.8. The molecule has 5 nitrogen and oxygen atoms in total. The van der Waals surface area contributed by atoms with Gasteiger partial charge >= 0.3 is 0 Å². The first kappa shape index (κ1) is 19.4. The van der Waals surface area contributed by atoms with E-state index in [0.29, 0.717) is 17.1 Å². The fraction of sp³-hybridized carbons (Fsp3) is 0.391. The lowest BCUT2D eigenvalue weighted by Gasteiger charge is -2.31. The van der Waals surface area contributed by atoms with Crippen LogP contribution in [0.5, 0.6) is 5.75 Å². The molecule has 0 saturated heterocycles. The third-order valence-electron chi connectivity index (χ3n) is 6.12. The highest BCUT2D eigenvalue weighted by Crippen LogP contribution is 2.42. The van der Waals surface area contributed by atoms with E-state index in [9.17, 15) is 5.11 Å². The van der Waals surface area contributed by atoms with Crippen molar-refractivity contribution < 1.29 is 9.50 Å². The Bertz CT molecular complexity index is 1050. The summed E-state index contributed by atoms with van der Waals surface area (Å²) in [6.07, 6.45) is 10.3. The first-order chi connectivity index (χ1) is 14.0. The molecule has 0 aliphatic heterocycles. The molecule has 1 N–H and O–H groups in total. The lowest BCUT2D eigenvalue weighted by molar-refractivity contribution is 0.141. The molecular formula is C23H25FN4O. The lowest BCUT2D eigenvalue weighted by atomic mass is 9.77. The van der Waals surface area contributed by atoms with Crippen LogP contribution in [0.25, 0.3) is 28.2 Å². The monoisotopic (exact) mass is 392 g/mol. The highest BCUT2D eigenvalue weighted by molar-refractivity contribution is 5.88. The number of allylic oxidation sites excluding steroid dienone is 1. The third kappa shape index (κ3) is 3.84. The number of pyridine rings is 1. The van der Waals surface area contributed by atoms with Gasteiger partial charge in [0.2, 0.25) is 0 Å². The van der Waals surface area contributed by atoms with Gasteiger partial charge in [-0.25, -0.2) is 9.37 Å². The largest absolute Gasteiger partial charge is 0.507 e. The Balaban J connectivity index is 1.64. The number of rotatable bonds is 3. The summed E-state index contributed by atoms with van der Waals surface area (Å²) in [4.78, 5) is 8.43. The summed E-state index contributed by atoms with van der Waals surface area (Å²) in [5, 5.41) is 20.5. The standard InChI is InChI=1S/C23H25FN4O/c1-3-23(2)8-5-4-6-16(21(23)24)10-18-14-26-22(28-27-18)19-11-15-7-9-25-13-17(15)12-20(19)29/h7,9-14,21,29H,3-6,8H2,1-2H3/b16-10+/t21-,23-/m0/s1. The van der Waals surface area contributed by atoms with Gasteiger partial charge in [-0.2, -0.15) is 0 Å². The molecule has 0 unspecified atom stereocenters. The number of nitrogens with zero attached hydrogens (tertiary/aromatic N) is 4. The number of aromatic nitrogens is 4. The van der Waals surface area contributed by atoms with Gasteiger partial charge < -0.3 is 5.11 Å². The molecule has 6 heteroatoms. The van der Waals surface area contributed by atoms with Crippen molar-refractivity contribution >= 4 is 16.8 Å². The predicted molar refractivity (Wildman–Crippen MR) is 112 cm³/mol. The minimum atomic E-state index is -0.977. The van der Waals surface area contributed by atoms with Gasteiger partial charge in [0.05, 0.1) is 11.8 Å². The van der Waals surface area contributed by atoms with Gasteiger partial charge in [-0.15, -0.1) is 10.2 Å². The first-order valence-electron chi connectivity index (χ1n) is 10.1. The highest BCUT2D eigenvalue weighted by atomic mass is 19.1. The van der Waals surface area contributed by atoms with Crippen LogP contribution >= 0.6 is 0 Å². The summed E-state index contributed by atoms with van der Waals surface area (Å²) in [5.41, 5.74) is 1.49. The van der Waals surface area contributed by atoms with Crippen molar-refractivity contribution in [2.75, 3.05) is 0 Å². The highest BCUT2D eigenvalue weighted by Gasteiger charge is 2.36. The summed E-state index contributed by atoms with van der Waals surface area (Å²) in [7, 11) is 0. The fourth-order valence-electron chi connectivity index (χ4n) is 4.03. The van der Waals surface area contributed by atoms with E-state index < -0.39 is 6.17 Å². The van der Waals surface area contributed by atoms with Crippen LogP contribution in [0.1, 0.15) is 51.6 Å². The topological polar surface area (TPSA) is 71.8 Å². The molecule has 1 aromatic carbocycles. The quantitative estimate of drug-likeness (QED) is 0.596. The van der Waals surface area contributed by atoms with Gasteiger partial charge in [0, 0.05) is 23.2 Å². The minimum Gasteiger partial charge on any atom is -0.507 e. The molecule has 0 radical (unpaired) electrons. The zero-order chi connectivity index (χ0) is 20.4. The average molecular weight is 392 g/mol. The average Bonchev–Trinajstić information content (AvgIpc) is 2.88. The van der Waals surface area contributed by atoms with E-state index in [4.69, 9.17) is 0 Å². The van der Waals surface area contributed by atoms with Gasteiger partial charge in [0.1, 0.15) is 17.6 Å². The maximum atomic E-state index is 15.2. The van der Waals surface area contributed by atoms with Gasteiger partial charge in [-0.3, -0.25) is 4.98 Å². The number of fused-ring (bicyclic) bond motifs is 1. The zero-order valence-corrected chi connectivity index (χ0v) is 16.8. The van der Waals surface area contributed by atoms with Gasteiger partial charge in [-0.05, 0) is 60.9 Å². The number of phenols is 1. The van der Waals surface area contributed by atoms with Crippen molar-refractivity contribution in [1.29, 1.82) is 0 Å². The minimum absolute atomic E-state index is 0.0738. The Hall–Kier alpha value is -2.89. The number of alkyl halides is 1. The second kappa shape index (κ2) is 7.85. The smallest absolute Gasteiger partial charge is 0.185 e. The van der Waals surface area contributed by atoms with E-state index in [1.807, 2.05) is 19.1 Å². The summed E-state index contributed by atoms with van der Waals surface area (Å²) < 4.78 is 15.2. The number of hydrogen-bond acceptors (Lipinski definition) is 5. The van der Waals surface area contributed by atoms with Crippen molar-refractivity contribution in [2.24, 2.45) is 5.41 Å². The van der Waals surface area contributed by atoms with Gasteiger partial charge in [0.25, 0.3) is 0 Å². The molecule has 4 rings (SSSR count). The number of aromatic hydroxyl groups is 1. The van der Waals surface area contributed by atoms with E-state index in [0.717, 1.165) is 48.4 Å². The molecule has 0 amide bonds. The van der Waals surface area contributed by atoms with Crippen molar-refractivity contribution in [2.45, 2.75) is 52.1 Å². The van der Waals surface area contributed by atoms with E-state index in [2.05, 4.69) is 27.1 Å².